The summed E-state index contributed by atoms with van der Waals surface area (Å²) in [7, 11) is 0. The van der Waals surface area contributed by atoms with E-state index in [9.17, 15) is 18.0 Å². The number of benzene rings is 1. The largest absolute Gasteiger partial charge is 0.462 e. The molecule has 0 fully saturated rings. The summed E-state index contributed by atoms with van der Waals surface area (Å²) in [5.74, 6) is -2.67. The van der Waals surface area contributed by atoms with E-state index in [0.29, 0.717) is 4.47 Å². The summed E-state index contributed by atoms with van der Waals surface area (Å²) in [4.78, 5) is 12.1. The van der Waals surface area contributed by atoms with E-state index in [1.165, 1.54) is 25.1 Å². The van der Waals surface area contributed by atoms with Crippen molar-refractivity contribution in [1.82, 2.24) is 0 Å². The van der Waals surface area contributed by atoms with Gasteiger partial charge < -0.3 is 14.2 Å². The number of hydrogen-bond donors (Lipinski definition) is 0. The standard InChI is InChI=1S/C16H12BrF3O4/c1-3-7-23-15(16(18,19)20)12(14(21)22-4-2)9-10-8-11(17)5-6-13(10)24-15/h1,5-6,8-9H,4,7H2,2H3/t15-/m1/s1. The van der Waals surface area contributed by atoms with E-state index < -0.39 is 30.1 Å². The van der Waals surface area contributed by atoms with Crippen LogP contribution >= 0.6 is 15.9 Å². The van der Waals surface area contributed by atoms with Crippen molar-refractivity contribution in [2.45, 2.75) is 18.9 Å². The number of fused-ring (bicyclic) bond motifs is 1. The van der Waals surface area contributed by atoms with Crippen LogP contribution in [0.2, 0.25) is 0 Å². The Kier molecular flexibility index (Phi) is 5.26. The molecule has 0 aliphatic carbocycles. The monoisotopic (exact) mass is 404 g/mol. The average Bonchev–Trinajstić information content (AvgIpc) is 2.51. The van der Waals surface area contributed by atoms with Crippen LogP contribution in [-0.2, 0) is 14.3 Å². The molecule has 0 aromatic heterocycles. The second-order valence-electron chi connectivity index (χ2n) is 4.67. The van der Waals surface area contributed by atoms with E-state index in [-0.39, 0.29) is 17.9 Å². The third kappa shape index (κ3) is 3.28. The number of alkyl halides is 3. The van der Waals surface area contributed by atoms with Crippen molar-refractivity contribution in [1.29, 1.82) is 0 Å². The first-order chi connectivity index (χ1) is 11.2. The topological polar surface area (TPSA) is 44.8 Å². The number of esters is 1. The number of ether oxygens (including phenoxy) is 3. The normalized spacial score (nSPS) is 19.6. The lowest BCUT2D eigenvalue weighted by Gasteiger charge is -2.38. The molecule has 0 radical (unpaired) electrons. The molecule has 1 aliphatic heterocycles. The fraction of sp³-hybridized carbons (Fsp3) is 0.312. The van der Waals surface area contributed by atoms with Gasteiger partial charge in [-0.3, -0.25) is 0 Å². The van der Waals surface area contributed by atoms with Gasteiger partial charge in [0.15, 0.2) is 0 Å². The zero-order chi connectivity index (χ0) is 18.0. The van der Waals surface area contributed by atoms with Crippen molar-refractivity contribution in [2.24, 2.45) is 0 Å². The number of carbonyl (C=O) groups excluding carboxylic acids is 1. The smallest absolute Gasteiger partial charge is 0.460 e. The zero-order valence-corrected chi connectivity index (χ0v) is 14.0. The summed E-state index contributed by atoms with van der Waals surface area (Å²) in [6, 6.07) is 4.35. The van der Waals surface area contributed by atoms with Crippen LogP contribution in [0.1, 0.15) is 12.5 Å². The van der Waals surface area contributed by atoms with Crippen molar-refractivity contribution in [2.75, 3.05) is 13.2 Å². The Hall–Kier alpha value is -1.98. The van der Waals surface area contributed by atoms with Gasteiger partial charge in [-0.05, 0) is 31.2 Å². The molecule has 8 heteroatoms. The minimum absolute atomic E-state index is 0.0967. The minimum Gasteiger partial charge on any atom is -0.462 e. The highest BCUT2D eigenvalue weighted by atomic mass is 79.9. The van der Waals surface area contributed by atoms with Crippen LogP contribution in [0.3, 0.4) is 0 Å². The molecule has 0 unspecified atom stereocenters. The molecule has 2 rings (SSSR count). The zero-order valence-electron chi connectivity index (χ0n) is 12.4. The molecule has 0 amide bonds. The van der Waals surface area contributed by atoms with Crippen LogP contribution < -0.4 is 4.74 Å². The molecule has 1 aromatic carbocycles. The predicted molar refractivity (Wildman–Crippen MR) is 83.0 cm³/mol. The summed E-state index contributed by atoms with van der Waals surface area (Å²) in [6.07, 6.45) is 0.974. The third-order valence-electron chi connectivity index (χ3n) is 3.11. The highest BCUT2D eigenvalue weighted by Crippen LogP contribution is 2.46. The van der Waals surface area contributed by atoms with Crippen LogP contribution in [0.15, 0.2) is 28.2 Å². The van der Waals surface area contributed by atoms with E-state index in [1.54, 1.807) is 0 Å². The Balaban J connectivity index is 2.66. The van der Waals surface area contributed by atoms with Gasteiger partial charge in [-0.25, -0.2) is 4.79 Å². The first-order valence-electron chi connectivity index (χ1n) is 6.77. The highest BCUT2D eigenvalue weighted by Gasteiger charge is 2.65. The Morgan fingerprint density at radius 1 is 1.46 bits per heavy atom. The third-order valence-corrected chi connectivity index (χ3v) is 3.60. The molecular formula is C16H12BrF3O4. The molecule has 1 aromatic rings. The van der Waals surface area contributed by atoms with Gasteiger partial charge in [0.1, 0.15) is 17.9 Å². The number of hydrogen-bond acceptors (Lipinski definition) is 4. The van der Waals surface area contributed by atoms with Gasteiger partial charge in [-0.1, -0.05) is 21.9 Å². The highest BCUT2D eigenvalue weighted by molar-refractivity contribution is 9.10. The SMILES string of the molecule is C#CCO[C@@]1(C(F)(F)F)Oc2ccc(Br)cc2C=C1C(=O)OCC. The van der Waals surface area contributed by atoms with Crippen molar-refractivity contribution in [3.8, 4) is 18.1 Å². The summed E-state index contributed by atoms with van der Waals surface area (Å²) in [5.41, 5.74) is -0.547. The lowest BCUT2D eigenvalue weighted by atomic mass is 9.97. The average molecular weight is 405 g/mol. The van der Waals surface area contributed by atoms with E-state index in [2.05, 4.69) is 15.9 Å². The van der Waals surface area contributed by atoms with Gasteiger partial charge in [-0.15, -0.1) is 6.42 Å². The molecule has 24 heavy (non-hydrogen) atoms. The molecule has 128 valence electrons. The van der Waals surface area contributed by atoms with E-state index in [0.717, 1.165) is 6.08 Å². The maximum Gasteiger partial charge on any atom is 0.460 e. The van der Waals surface area contributed by atoms with Gasteiger partial charge in [0.25, 0.3) is 0 Å². The maximum absolute atomic E-state index is 13.8. The molecule has 1 atom stereocenters. The molecule has 0 N–H and O–H groups in total. The molecular weight excluding hydrogens is 393 g/mol. The van der Waals surface area contributed by atoms with Gasteiger partial charge in [0.05, 0.1) is 6.61 Å². The van der Waals surface area contributed by atoms with Gasteiger partial charge in [0.2, 0.25) is 0 Å². The molecule has 4 nitrogen and oxygen atoms in total. The Morgan fingerprint density at radius 2 is 2.17 bits per heavy atom. The van der Waals surface area contributed by atoms with Crippen LogP contribution in [0.5, 0.6) is 5.75 Å². The van der Waals surface area contributed by atoms with Gasteiger partial charge in [0, 0.05) is 10.0 Å². The summed E-state index contributed by atoms with van der Waals surface area (Å²) in [6.45, 7) is 0.664. The van der Waals surface area contributed by atoms with E-state index >= 15 is 0 Å². The lowest BCUT2D eigenvalue weighted by Crippen LogP contribution is -2.57. The number of rotatable bonds is 4. The fourth-order valence-electron chi connectivity index (χ4n) is 2.13. The Labute approximate surface area is 144 Å². The number of terminal acetylenes is 1. The summed E-state index contributed by atoms with van der Waals surface area (Å²) >= 11 is 3.21. The van der Waals surface area contributed by atoms with Crippen LogP contribution in [0.25, 0.3) is 6.08 Å². The second kappa shape index (κ2) is 6.87. The Bertz CT molecular complexity index is 721. The maximum atomic E-state index is 13.8. The first kappa shape index (κ1) is 18.4. The molecule has 1 aliphatic rings. The van der Waals surface area contributed by atoms with E-state index in [4.69, 9.17) is 20.6 Å². The van der Waals surface area contributed by atoms with Crippen molar-refractivity contribution in [3.63, 3.8) is 0 Å². The Morgan fingerprint density at radius 3 is 2.75 bits per heavy atom. The summed E-state index contributed by atoms with van der Waals surface area (Å²) < 4.78 is 56.5. The second-order valence-corrected chi connectivity index (χ2v) is 5.59. The number of halogens is 4. The predicted octanol–water partition coefficient (Wildman–Crippen LogP) is 3.70. The molecule has 1 heterocycles. The first-order valence-corrected chi connectivity index (χ1v) is 7.56. The van der Waals surface area contributed by atoms with Crippen molar-refractivity contribution >= 4 is 28.0 Å². The van der Waals surface area contributed by atoms with E-state index in [1.807, 2.05) is 5.92 Å². The molecule has 0 spiro atoms. The minimum atomic E-state index is -5.06. The van der Waals surface area contributed by atoms with Crippen LogP contribution in [0.4, 0.5) is 13.2 Å². The molecule has 0 saturated heterocycles. The molecule has 0 bridgehead atoms. The van der Waals surface area contributed by atoms with Crippen molar-refractivity contribution < 1.29 is 32.2 Å². The molecule has 0 saturated carbocycles. The van der Waals surface area contributed by atoms with Crippen LogP contribution in [-0.4, -0.2) is 31.1 Å². The fourth-order valence-corrected chi connectivity index (χ4v) is 2.51. The van der Waals surface area contributed by atoms with Gasteiger partial charge in [-0.2, -0.15) is 13.2 Å². The van der Waals surface area contributed by atoms with Crippen LogP contribution in [0, 0.1) is 12.3 Å². The quantitative estimate of drug-likeness (QED) is 0.566. The number of carbonyl (C=O) groups is 1. The van der Waals surface area contributed by atoms with Crippen molar-refractivity contribution in [3.05, 3.63) is 33.8 Å². The summed E-state index contributed by atoms with van der Waals surface area (Å²) in [5, 5.41) is 0. The lowest BCUT2D eigenvalue weighted by molar-refractivity contribution is -0.330. The van der Waals surface area contributed by atoms with Gasteiger partial charge >= 0.3 is 17.9 Å².